The fourth-order valence-electron chi connectivity index (χ4n) is 2.90. The molecule has 152 valence electrons. The van der Waals surface area contributed by atoms with Crippen molar-refractivity contribution < 1.29 is 21.5 Å². The number of nitrogens with one attached hydrogen (secondary N) is 1. The molecule has 0 fully saturated rings. The van der Waals surface area contributed by atoms with Gasteiger partial charge in [-0.2, -0.15) is 8.42 Å². The van der Waals surface area contributed by atoms with Gasteiger partial charge < -0.3 is 14.5 Å². The molecule has 2 aromatic carbocycles. The van der Waals surface area contributed by atoms with Crippen LogP contribution in [0.1, 0.15) is 0 Å². The number of ether oxygens (including phenoxy) is 1. The summed E-state index contributed by atoms with van der Waals surface area (Å²) in [7, 11) is -3.45. The molecule has 0 aliphatic carbocycles. The smallest absolute Gasteiger partial charge is 0.332 e. The molecule has 1 N–H and O–H groups in total. The molecule has 0 saturated heterocycles. The van der Waals surface area contributed by atoms with E-state index in [0.717, 1.165) is 28.8 Å². The lowest BCUT2D eigenvalue weighted by molar-refractivity contribution is 0.416. The Hall–Kier alpha value is -3.72. The molecule has 7 nitrogen and oxygen atoms in total. The van der Waals surface area contributed by atoms with Crippen LogP contribution in [-0.4, -0.2) is 25.5 Å². The maximum atomic E-state index is 13.3. The number of hydrogen-bond acceptors (Lipinski definition) is 7. The topological polar surface area (TPSA) is 94.3 Å². The molecule has 2 aromatic heterocycles. The largest absolute Gasteiger partial charge is 0.495 e. The molecule has 0 aliphatic heterocycles. The van der Waals surface area contributed by atoms with Crippen LogP contribution in [0.15, 0.2) is 82.5 Å². The van der Waals surface area contributed by atoms with Crippen LogP contribution >= 0.6 is 0 Å². The van der Waals surface area contributed by atoms with Gasteiger partial charge in [0.2, 0.25) is 0 Å². The number of oxazole rings is 1. The second kappa shape index (κ2) is 7.96. The first kappa shape index (κ1) is 19.6. The van der Waals surface area contributed by atoms with Crippen LogP contribution in [0.4, 0.5) is 15.6 Å². The lowest BCUT2D eigenvalue weighted by atomic mass is 10.0. The standard InChI is InChI=1S/C21H16FN3O4S/c1-28-19-8-7-17(30(22,26)27)11-18(19)25-21-24-13-20(29-21)15-5-2-4-14(10-15)16-6-3-9-23-12-16/h2-13H,1H3,(H,24,25). The first-order valence-electron chi connectivity index (χ1n) is 8.80. The highest BCUT2D eigenvalue weighted by molar-refractivity contribution is 7.86. The van der Waals surface area contributed by atoms with Gasteiger partial charge in [0.1, 0.15) is 10.6 Å². The van der Waals surface area contributed by atoms with Gasteiger partial charge in [0.25, 0.3) is 6.01 Å². The Balaban J connectivity index is 1.63. The SMILES string of the molecule is COc1ccc(S(=O)(=O)F)cc1Nc1ncc(-c2cccc(-c3cccnc3)c2)o1. The van der Waals surface area contributed by atoms with E-state index in [2.05, 4.69) is 15.3 Å². The number of halogens is 1. The van der Waals surface area contributed by atoms with Crippen LogP contribution in [0.3, 0.4) is 0 Å². The Kier molecular flexibility index (Phi) is 5.20. The molecule has 2 heterocycles. The van der Waals surface area contributed by atoms with Gasteiger partial charge >= 0.3 is 10.2 Å². The molecular formula is C21H16FN3O4S. The van der Waals surface area contributed by atoms with E-state index in [-0.39, 0.29) is 11.7 Å². The first-order valence-corrected chi connectivity index (χ1v) is 10.2. The van der Waals surface area contributed by atoms with Gasteiger partial charge in [-0.15, -0.1) is 3.89 Å². The zero-order chi connectivity index (χ0) is 21.1. The van der Waals surface area contributed by atoms with Crippen molar-refractivity contribution >= 4 is 21.9 Å². The average molecular weight is 425 g/mol. The number of rotatable bonds is 6. The Morgan fingerprint density at radius 3 is 2.53 bits per heavy atom. The monoisotopic (exact) mass is 425 g/mol. The summed E-state index contributed by atoms with van der Waals surface area (Å²) in [5.74, 6) is 0.803. The zero-order valence-corrected chi connectivity index (χ0v) is 16.6. The second-order valence-electron chi connectivity index (χ2n) is 6.28. The van der Waals surface area contributed by atoms with Crippen LogP contribution in [0.2, 0.25) is 0 Å². The van der Waals surface area contributed by atoms with Gasteiger partial charge in [0.15, 0.2) is 5.76 Å². The van der Waals surface area contributed by atoms with E-state index in [1.165, 1.54) is 19.4 Å². The summed E-state index contributed by atoms with van der Waals surface area (Å²) in [5, 5.41) is 2.83. The number of anilines is 2. The molecule has 0 aliphatic rings. The Labute approximate surface area is 172 Å². The fraction of sp³-hybridized carbons (Fsp3) is 0.0476. The highest BCUT2D eigenvalue weighted by Gasteiger charge is 2.16. The van der Waals surface area contributed by atoms with Crippen LogP contribution < -0.4 is 10.1 Å². The summed E-state index contributed by atoms with van der Waals surface area (Å²) >= 11 is 0. The van der Waals surface area contributed by atoms with Crippen LogP contribution in [0.25, 0.3) is 22.5 Å². The number of nitrogens with zero attached hydrogens (tertiary/aromatic N) is 2. The van der Waals surface area contributed by atoms with Gasteiger partial charge in [-0.3, -0.25) is 4.98 Å². The van der Waals surface area contributed by atoms with Gasteiger partial charge in [0.05, 0.1) is 19.0 Å². The number of hydrogen-bond donors (Lipinski definition) is 1. The zero-order valence-electron chi connectivity index (χ0n) is 15.7. The van der Waals surface area contributed by atoms with Crippen molar-refractivity contribution in [2.75, 3.05) is 12.4 Å². The third kappa shape index (κ3) is 4.15. The molecule has 0 radical (unpaired) electrons. The number of pyridine rings is 1. The lowest BCUT2D eigenvalue weighted by Gasteiger charge is -2.09. The van der Waals surface area contributed by atoms with Gasteiger partial charge in [-0.1, -0.05) is 24.3 Å². The molecule has 0 saturated carbocycles. The molecule has 0 unspecified atom stereocenters. The molecule has 0 amide bonds. The first-order chi connectivity index (χ1) is 14.4. The predicted octanol–water partition coefficient (Wildman–Crippen LogP) is 4.81. The molecule has 9 heteroatoms. The Morgan fingerprint density at radius 2 is 1.80 bits per heavy atom. The molecule has 0 spiro atoms. The van der Waals surface area contributed by atoms with Gasteiger partial charge in [-0.05, 0) is 35.9 Å². The maximum absolute atomic E-state index is 13.3. The molecule has 0 bridgehead atoms. The Morgan fingerprint density at radius 1 is 1.00 bits per heavy atom. The molecule has 0 atom stereocenters. The normalized spacial score (nSPS) is 11.3. The minimum atomic E-state index is -4.86. The number of benzene rings is 2. The molecular weight excluding hydrogens is 409 g/mol. The van der Waals surface area contributed by atoms with Crippen molar-refractivity contribution in [3.8, 4) is 28.2 Å². The third-order valence-electron chi connectivity index (χ3n) is 4.34. The predicted molar refractivity (Wildman–Crippen MR) is 110 cm³/mol. The van der Waals surface area contributed by atoms with E-state index < -0.39 is 15.1 Å². The summed E-state index contributed by atoms with van der Waals surface area (Å²) in [4.78, 5) is 7.80. The van der Waals surface area contributed by atoms with Crippen molar-refractivity contribution in [3.63, 3.8) is 0 Å². The highest BCUT2D eigenvalue weighted by Crippen LogP contribution is 2.33. The summed E-state index contributed by atoms with van der Waals surface area (Å²) in [6, 6.07) is 15.2. The molecule has 4 rings (SSSR count). The molecule has 30 heavy (non-hydrogen) atoms. The van der Waals surface area contributed by atoms with Crippen molar-refractivity contribution in [1.29, 1.82) is 0 Å². The maximum Gasteiger partial charge on any atom is 0.332 e. The summed E-state index contributed by atoms with van der Waals surface area (Å²) in [6.07, 6.45) is 5.01. The summed E-state index contributed by atoms with van der Waals surface area (Å²) < 4.78 is 46.7. The van der Waals surface area contributed by atoms with Crippen molar-refractivity contribution in [2.24, 2.45) is 0 Å². The minimum absolute atomic E-state index is 0.100. The Bertz CT molecular complexity index is 1290. The van der Waals surface area contributed by atoms with Crippen molar-refractivity contribution in [3.05, 3.63) is 73.2 Å². The minimum Gasteiger partial charge on any atom is -0.495 e. The van der Waals surface area contributed by atoms with E-state index in [1.807, 2.05) is 36.4 Å². The quantitative estimate of drug-likeness (QED) is 0.443. The number of aromatic nitrogens is 2. The highest BCUT2D eigenvalue weighted by atomic mass is 32.3. The van der Waals surface area contributed by atoms with Crippen molar-refractivity contribution in [2.45, 2.75) is 4.90 Å². The lowest BCUT2D eigenvalue weighted by Crippen LogP contribution is -1.98. The van der Waals surface area contributed by atoms with E-state index in [9.17, 15) is 12.3 Å². The fourth-order valence-corrected chi connectivity index (χ4v) is 3.39. The van der Waals surface area contributed by atoms with Crippen LogP contribution in [-0.2, 0) is 10.2 Å². The van der Waals surface area contributed by atoms with E-state index >= 15 is 0 Å². The van der Waals surface area contributed by atoms with Gasteiger partial charge in [-0.25, -0.2) is 4.98 Å². The van der Waals surface area contributed by atoms with E-state index in [4.69, 9.17) is 9.15 Å². The van der Waals surface area contributed by atoms with E-state index in [1.54, 1.807) is 12.4 Å². The van der Waals surface area contributed by atoms with Crippen LogP contribution in [0, 0.1) is 0 Å². The summed E-state index contributed by atoms with van der Waals surface area (Å²) in [6.45, 7) is 0. The second-order valence-corrected chi connectivity index (χ2v) is 7.62. The summed E-state index contributed by atoms with van der Waals surface area (Å²) in [5.41, 5.74) is 2.93. The third-order valence-corrected chi connectivity index (χ3v) is 5.16. The van der Waals surface area contributed by atoms with Gasteiger partial charge in [0, 0.05) is 23.5 Å². The number of methoxy groups -OCH3 is 1. The molecule has 4 aromatic rings. The van der Waals surface area contributed by atoms with Crippen molar-refractivity contribution in [1.82, 2.24) is 9.97 Å². The van der Waals surface area contributed by atoms with E-state index in [0.29, 0.717) is 11.5 Å². The van der Waals surface area contributed by atoms with Crippen LogP contribution in [0.5, 0.6) is 5.75 Å². The average Bonchev–Trinajstić information content (AvgIpc) is 3.22.